The van der Waals surface area contributed by atoms with Crippen molar-refractivity contribution in [2.24, 2.45) is 0 Å². The van der Waals surface area contributed by atoms with Crippen molar-refractivity contribution in [3.8, 4) is 11.5 Å². The van der Waals surface area contributed by atoms with E-state index in [1.54, 1.807) is 6.07 Å². The highest BCUT2D eigenvalue weighted by atomic mass is 35.5. The van der Waals surface area contributed by atoms with Gasteiger partial charge >= 0.3 is 0 Å². The van der Waals surface area contributed by atoms with Crippen LogP contribution in [-0.4, -0.2) is 33.6 Å². The first kappa shape index (κ1) is 16.4. The van der Waals surface area contributed by atoms with Crippen LogP contribution >= 0.6 is 11.6 Å². The van der Waals surface area contributed by atoms with E-state index in [9.17, 15) is 8.42 Å². The normalized spacial score (nSPS) is 16.4. The SMILES string of the molecule is CNS(=O)(=O)c1cc2c(c(OCCCCl)c1)OC(C)(C)C2. The predicted molar refractivity (Wildman–Crippen MR) is 81.9 cm³/mol. The van der Waals surface area contributed by atoms with Gasteiger partial charge in [0.05, 0.1) is 11.5 Å². The minimum absolute atomic E-state index is 0.186. The minimum Gasteiger partial charge on any atom is -0.490 e. The highest BCUT2D eigenvalue weighted by molar-refractivity contribution is 7.89. The lowest BCUT2D eigenvalue weighted by atomic mass is 10.0. The first-order chi connectivity index (χ1) is 9.79. The maximum Gasteiger partial charge on any atom is 0.240 e. The standard InChI is InChI=1S/C14H20ClNO4S/c1-14(2)9-10-7-11(21(17,18)16-3)8-12(13(10)20-14)19-6-4-5-15/h7-8,16H,4-6,9H2,1-3H3. The second-order valence-corrected chi connectivity index (χ2v) is 7.81. The lowest BCUT2D eigenvalue weighted by molar-refractivity contribution is 0.132. The molecule has 0 saturated heterocycles. The summed E-state index contributed by atoms with van der Waals surface area (Å²) in [5.74, 6) is 1.57. The van der Waals surface area contributed by atoms with Crippen LogP contribution in [0.2, 0.25) is 0 Å². The molecule has 1 N–H and O–H groups in total. The molecule has 2 rings (SSSR count). The van der Waals surface area contributed by atoms with Gasteiger partial charge in [0.25, 0.3) is 0 Å². The summed E-state index contributed by atoms with van der Waals surface area (Å²) < 4.78 is 37.9. The highest BCUT2D eigenvalue weighted by Gasteiger charge is 2.34. The molecular formula is C14H20ClNO4S. The molecule has 118 valence electrons. The van der Waals surface area contributed by atoms with E-state index in [2.05, 4.69) is 4.72 Å². The second kappa shape index (κ2) is 6.02. The van der Waals surface area contributed by atoms with E-state index in [-0.39, 0.29) is 10.5 Å². The van der Waals surface area contributed by atoms with Crippen molar-refractivity contribution in [1.82, 2.24) is 4.72 Å². The largest absolute Gasteiger partial charge is 0.490 e. The van der Waals surface area contributed by atoms with Crippen LogP contribution in [0, 0.1) is 0 Å². The van der Waals surface area contributed by atoms with Gasteiger partial charge in [-0.05, 0) is 33.4 Å². The molecule has 0 radical (unpaired) electrons. The van der Waals surface area contributed by atoms with Gasteiger partial charge in [-0.2, -0.15) is 0 Å². The Labute approximate surface area is 130 Å². The number of halogens is 1. The predicted octanol–water partition coefficient (Wildman–Crippen LogP) is 2.32. The third kappa shape index (κ3) is 3.62. The van der Waals surface area contributed by atoms with E-state index in [0.29, 0.717) is 36.8 Å². The average Bonchev–Trinajstić information content (AvgIpc) is 2.73. The molecule has 5 nitrogen and oxygen atoms in total. The maximum atomic E-state index is 12.0. The quantitative estimate of drug-likeness (QED) is 0.641. The molecule has 1 aromatic carbocycles. The molecular weight excluding hydrogens is 314 g/mol. The van der Waals surface area contributed by atoms with Crippen LogP contribution in [0.15, 0.2) is 17.0 Å². The number of rotatable bonds is 6. The van der Waals surface area contributed by atoms with Gasteiger partial charge in [-0.25, -0.2) is 13.1 Å². The molecule has 1 aromatic rings. The molecule has 1 aliphatic heterocycles. The Hall–Kier alpha value is -0.980. The second-order valence-electron chi connectivity index (χ2n) is 5.55. The van der Waals surface area contributed by atoms with Gasteiger partial charge < -0.3 is 9.47 Å². The van der Waals surface area contributed by atoms with Crippen molar-refractivity contribution >= 4 is 21.6 Å². The summed E-state index contributed by atoms with van der Waals surface area (Å²) >= 11 is 5.64. The Morgan fingerprint density at radius 1 is 1.43 bits per heavy atom. The van der Waals surface area contributed by atoms with Crippen LogP contribution in [0.5, 0.6) is 11.5 Å². The zero-order valence-electron chi connectivity index (χ0n) is 12.4. The molecule has 0 fully saturated rings. The van der Waals surface area contributed by atoms with Crippen LogP contribution in [-0.2, 0) is 16.4 Å². The fourth-order valence-electron chi connectivity index (χ4n) is 2.27. The van der Waals surface area contributed by atoms with Crippen LogP contribution in [0.4, 0.5) is 0 Å². The van der Waals surface area contributed by atoms with Crippen LogP contribution < -0.4 is 14.2 Å². The first-order valence-corrected chi connectivity index (χ1v) is 8.79. The number of hydrogen-bond donors (Lipinski definition) is 1. The molecule has 0 aromatic heterocycles. The summed E-state index contributed by atoms with van der Waals surface area (Å²) in [5.41, 5.74) is 0.479. The van der Waals surface area contributed by atoms with Gasteiger partial charge in [0.15, 0.2) is 11.5 Å². The number of alkyl halides is 1. The molecule has 0 aliphatic carbocycles. The molecule has 0 unspecified atom stereocenters. The minimum atomic E-state index is -3.52. The topological polar surface area (TPSA) is 64.6 Å². The lowest BCUT2D eigenvalue weighted by Gasteiger charge is -2.18. The maximum absolute atomic E-state index is 12.0. The van der Waals surface area contributed by atoms with Crippen LogP contribution in [0.3, 0.4) is 0 Å². The van der Waals surface area contributed by atoms with E-state index < -0.39 is 10.0 Å². The third-order valence-electron chi connectivity index (χ3n) is 3.21. The van der Waals surface area contributed by atoms with Crippen molar-refractivity contribution in [3.63, 3.8) is 0 Å². The van der Waals surface area contributed by atoms with Gasteiger partial charge in [-0.3, -0.25) is 0 Å². The number of nitrogens with one attached hydrogen (secondary N) is 1. The average molecular weight is 334 g/mol. The molecule has 7 heteroatoms. The van der Waals surface area contributed by atoms with Gasteiger partial charge in [0.1, 0.15) is 5.60 Å². The van der Waals surface area contributed by atoms with Gasteiger partial charge in [0, 0.05) is 23.9 Å². The Bertz CT molecular complexity index is 628. The Kier molecular flexibility index (Phi) is 4.70. The molecule has 0 bridgehead atoms. The molecule has 1 heterocycles. The van der Waals surface area contributed by atoms with Crippen molar-refractivity contribution < 1.29 is 17.9 Å². The number of hydrogen-bond acceptors (Lipinski definition) is 4. The fraction of sp³-hybridized carbons (Fsp3) is 0.571. The Morgan fingerprint density at radius 2 is 2.14 bits per heavy atom. The molecule has 0 amide bonds. The Balaban J connectivity index is 2.43. The van der Waals surface area contributed by atoms with E-state index in [1.165, 1.54) is 13.1 Å². The summed E-state index contributed by atoms with van der Waals surface area (Å²) in [6.07, 6.45) is 1.32. The number of fused-ring (bicyclic) bond motifs is 1. The zero-order chi connectivity index (χ0) is 15.7. The Morgan fingerprint density at radius 3 is 2.76 bits per heavy atom. The summed E-state index contributed by atoms with van der Waals surface area (Å²) in [6, 6.07) is 3.14. The summed E-state index contributed by atoms with van der Waals surface area (Å²) in [5, 5.41) is 0. The highest BCUT2D eigenvalue weighted by Crippen LogP contribution is 2.43. The van der Waals surface area contributed by atoms with Gasteiger partial charge in [0.2, 0.25) is 10.0 Å². The number of benzene rings is 1. The van der Waals surface area contributed by atoms with E-state index in [1.807, 2.05) is 13.8 Å². The first-order valence-electron chi connectivity index (χ1n) is 6.77. The van der Waals surface area contributed by atoms with E-state index >= 15 is 0 Å². The van der Waals surface area contributed by atoms with Crippen molar-refractivity contribution in [2.75, 3.05) is 19.5 Å². The van der Waals surface area contributed by atoms with Crippen LogP contribution in [0.1, 0.15) is 25.8 Å². The molecule has 1 aliphatic rings. The van der Waals surface area contributed by atoms with Crippen molar-refractivity contribution in [3.05, 3.63) is 17.7 Å². The fourth-order valence-corrected chi connectivity index (χ4v) is 3.17. The number of ether oxygens (including phenoxy) is 2. The zero-order valence-corrected chi connectivity index (χ0v) is 14.0. The van der Waals surface area contributed by atoms with Crippen molar-refractivity contribution in [1.29, 1.82) is 0 Å². The van der Waals surface area contributed by atoms with Gasteiger partial charge in [-0.15, -0.1) is 11.6 Å². The molecule has 0 atom stereocenters. The smallest absolute Gasteiger partial charge is 0.240 e. The van der Waals surface area contributed by atoms with Crippen molar-refractivity contribution in [2.45, 2.75) is 37.2 Å². The lowest BCUT2D eigenvalue weighted by Crippen LogP contribution is -2.24. The van der Waals surface area contributed by atoms with E-state index in [0.717, 1.165) is 5.56 Å². The third-order valence-corrected chi connectivity index (χ3v) is 4.88. The van der Waals surface area contributed by atoms with E-state index in [4.69, 9.17) is 21.1 Å². The number of sulfonamides is 1. The van der Waals surface area contributed by atoms with Gasteiger partial charge in [-0.1, -0.05) is 0 Å². The summed E-state index contributed by atoms with van der Waals surface area (Å²) in [7, 11) is -2.14. The molecule has 0 saturated carbocycles. The van der Waals surface area contributed by atoms with Crippen LogP contribution in [0.25, 0.3) is 0 Å². The summed E-state index contributed by atoms with van der Waals surface area (Å²) in [6.45, 7) is 4.34. The monoisotopic (exact) mass is 333 g/mol. The molecule has 21 heavy (non-hydrogen) atoms. The molecule has 0 spiro atoms. The summed E-state index contributed by atoms with van der Waals surface area (Å²) in [4.78, 5) is 0.186.